The Morgan fingerprint density at radius 3 is 2.91 bits per heavy atom. The second-order valence-corrected chi connectivity index (χ2v) is 6.23. The SMILES string of the molecule is C=CCN1C(=O)/C(=C\C(=O)N[C@@H](C)COC)Sc2ccccc21. The first-order chi connectivity index (χ1) is 11.1. The minimum atomic E-state index is -0.302. The van der Waals surface area contributed by atoms with Gasteiger partial charge in [-0.1, -0.05) is 30.0 Å². The molecule has 2 rings (SSSR count). The topological polar surface area (TPSA) is 58.6 Å². The van der Waals surface area contributed by atoms with E-state index in [1.54, 1.807) is 18.1 Å². The van der Waals surface area contributed by atoms with Crippen molar-refractivity contribution in [1.82, 2.24) is 5.32 Å². The van der Waals surface area contributed by atoms with Crippen molar-refractivity contribution in [3.63, 3.8) is 0 Å². The van der Waals surface area contributed by atoms with Crippen molar-refractivity contribution in [3.05, 3.63) is 47.9 Å². The van der Waals surface area contributed by atoms with E-state index in [4.69, 9.17) is 4.74 Å². The zero-order valence-corrected chi connectivity index (χ0v) is 14.1. The van der Waals surface area contributed by atoms with Crippen LogP contribution in [0.5, 0.6) is 0 Å². The van der Waals surface area contributed by atoms with Gasteiger partial charge in [0, 0.05) is 30.7 Å². The van der Waals surface area contributed by atoms with Gasteiger partial charge in [-0.25, -0.2) is 0 Å². The summed E-state index contributed by atoms with van der Waals surface area (Å²) < 4.78 is 4.98. The summed E-state index contributed by atoms with van der Waals surface area (Å²) in [4.78, 5) is 27.6. The van der Waals surface area contributed by atoms with Crippen molar-refractivity contribution in [1.29, 1.82) is 0 Å². The molecule has 0 aromatic heterocycles. The molecule has 1 aromatic rings. The number of hydrogen-bond donors (Lipinski definition) is 1. The van der Waals surface area contributed by atoms with E-state index in [1.165, 1.54) is 17.8 Å². The maximum absolute atomic E-state index is 12.6. The van der Waals surface area contributed by atoms with Crippen LogP contribution in [-0.2, 0) is 14.3 Å². The summed E-state index contributed by atoms with van der Waals surface area (Å²) in [6.07, 6.45) is 3.02. The van der Waals surface area contributed by atoms with Crippen molar-refractivity contribution in [2.24, 2.45) is 0 Å². The van der Waals surface area contributed by atoms with Crippen LogP contribution in [0.3, 0.4) is 0 Å². The van der Waals surface area contributed by atoms with Crippen LogP contribution in [0.1, 0.15) is 6.92 Å². The Morgan fingerprint density at radius 2 is 2.22 bits per heavy atom. The zero-order valence-electron chi connectivity index (χ0n) is 13.2. The third-order valence-electron chi connectivity index (χ3n) is 3.21. The fourth-order valence-corrected chi connectivity index (χ4v) is 3.30. The molecule has 0 unspecified atom stereocenters. The van der Waals surface area contributed by atoms with Gasteiger partial charge in [0.25, 0.3) is 5.91 Å². The van der Waals surface area contributed by atoms with E-state index in [-0.39, 0.29) is 17.9 Å². The number of ether oxygens (including phenoxy) is 1. The van der Waals surface area contributed by atoms with Crippen LogP contribution in [0.2, 0.25) is 0 Å². The lowest BCUT2D eigenvalue weighted by Gasteiger charge is -2.29. The lowest BCUT2D eigenvalue weighted by Crippen LogP contribution is -2.37. The molecule has 0 aliphatic carbocycles. The number of nitrogens with zero attached hydrogens (tertiary/aromatic N) is 1. The number of methoxy groups -OCH3 is 1. The molecule has 1 heterocycles. The molecule has 23 heavy (non-hydrogen) atoms. The summed E-state index contributed by atoms with van der Waals surface area (Å²) >= 11 is 1.31. The molecule has 0 saturated carbocycles. The average molecular weight is 332 g/mol. The number of para-hydroxylation sites is 1. The maximum Gasteiger partial charge on any atom is 0.265 e. The first kappa shape index (κ1) is 17.3. The zero-order chi connectivity index (χ0) is 16.8. The minimum absolute atomic E-state index is 0.121. The Labute approximate surface area is 140 Å². The highest BCUT2D eigenvalue weighted by Crippen LogP contribution is 2.41. The first-order valence-electron chi connectivity index (χ1n) is 7.27. The van der Waals surface area contributed by atoms with Crippen LogP contribution >= 0.6 is 11.8 Å². The summed E-state index contributed by atoms with van der Waals surface area (Å²) in [6.45, 7) is 6.35. The molecule has 0 fully saturated rings. The Kier molecular flexibility index (Phi) is 6.01. The van der Waals surface area contributed by atoms with E-state index >= 15 is 0 Å². The lowest BCUT2D eigenvalue weighted by atomic mass is 10.2. The predicted molar refractivity (Wildman–Crippen MR) is 92.4 cm³/mol. The summed E-state index contributed by atoms with van der Waals surface area (Å²) in [7, 11) is 1.58. The molecule has 1 atom stereocenters. The Morgan fingerprint density at radius 1 is 1.48 bits per heavy atom. The minimum Gasteiger partial charge on any atom is -0.383 e. The molecule has 6 heteroatoms. The lowest BCUT2D eigenvalue weighted by molar-refractivity contribution is -0.118. The highest BCUT2D eigenvalue weighted by atomic mass is 32.2. The second-order valence-electron chi connectivity index (χ2n) is 5.15. The highest BCUT2D eigenvalue weighted by molar-refractivity contribution is 8.04. The van der Waals surface area contributed by atoms with E-state index in [2.05, 4.69) is 11.9 Å². The van der Waals surface area contributed by atoms with Crippen molar-refractivity contribution in [2.75, 3.05) is 25.2 Å². The fourth-order valence-electron chi connectivity index (χ4n) is 2.27. The number of carbonyl (C=O) groups excluding carboxylic acids is 2. The number of anilines is 1. The highest BCUT2D eigenvalue weighted by Gasteiger charge is 2.28. The van der Waals surface area contributed by atoms with Gasteiger partial charge in [-0.15, -0.1) is 6.58 Å². The molecule has 0 radical (unpaired) electrons. The summed E-state index contributed by atoms with van der Waals surface area (Å²) in [5.74, 6) is -0.494. The van der Waals surface area contributed by atoms with E-state index in [0.29, 0.717) is 18.1 Å². The van der Waals surface area contributed by atoms with E-state index in [1.807, 2.05) is 31.2 Å². The van der Waals surface area contributed by atoms with Gasteiger partial charge in [0.2, 0.25) is 5.91 Å². The molecular formula is C17H20N2O3S. The molecular weight excluding hydrogens is 312 g/mol. The Balaban J connectivity index is 2.23. The molecule has 1 aliphatic heterocycles. The second kappa shape index (κ2) is 7.99. The van der Waals surface area contributed by atoms with Gasteiger partial charge < -0.3 is 15.0 Å². The monoisotopic (exact) mass is 332 g/mol. The first-order valence-corrected chi connectivity index (χ1v) is 8.09. The van der Waals surface area contributed by atoms with Crippen LogP contribution in [0.4, 0.5) is 5.69 Å². The quantitative estimate of drug-likeness (QED) is 0.642. The predicted octanol–water partition coefficient (Wildman–Crippen LogP) is 2.35. The molecule has 2 amide bonds. The van der Waals surface area contributed by atoms with Gasteiger partial charge >= 0.3 is 0 Å². The molecule has 0 saturated heterocycles. The van der Waals surface area contributed by atoms with Gasteiger partial charge in [-0.05, 0) is 19.1 Å². The number of nitrogens with one attached hydrogen (secondary N) is 1. The standard InChI is InChI=1S/C17H20N2O3S/c1-4-9-19-13-7-5-6-8-14(13)23-15(17(19)21)10-16(20)18-12(2)11-22-3/h4-8,10,12H,1,9,11H2,2-3H3,(H,18,20)/b15-10+/t12-/m0/s1. The van der Waals surface area contributed by atoms with Gasteiger partial charge in [-0.2, -0.15) is 0 Å². The van der Waals surface area contributed by atoms with Crippen LogP contribution in [0, 0.1) is 0 Å². The van der Waals surface area contributed by atoms with Crippen molar-refractivity contribution in [2.45, 2.75) is 17.9 Å². The van der Waals surface area contributed by atoms with Crippen LogP contribution < -0.4 is 10.2 Å². The van der Waals surface area contributed by atoms with Gasteiger partial charge in [0.1, 0.15) is 0 Å². The third kappa shape index (κ3) is 4.24. The maximum atomic E-state index is 12.6. The number of fused-ring (bicyclic) bond motifs is 1. The molecule has 1 aliphatic rings. The molecule has 1 aromatic carbocycles. The number of hydrogen-bond acceptors (Lipinski definition) is 4. The number of rotatable bonds is 6. The van der Waals surface area contributed by atoms with Crippen molar-refractivity contribution in [3.8, 4) is 0 Å². The number of carbonyl (C=O) groups is 2. The Hall–Kier alpha value is -2.05. The molecule has 1 N–H and O–H groups in total. The van der Waals surface area contributed by atoms with Gasteiger partial charge in [0.05, 0.1) is 17.2 Å². The summed E-state index contributed by atoms with van der Waals surface area (Å²) in [6, 6.07) is 7.50. The summed E-state index contributed by atoms with van der Waals surface area (Å²) in [5, 5.41) is 2.77. The van der Waals surface area contributed by atoms with Crippen molar-refractivity contribution >= 4 is 29.3 Å². The third-order valence-corrected chi connectivity index (χ3v) is 4.29. The molecule has 0 bridgehead atoms. The fraction of sp³-hybridized carbons (Fsp3) is 0.294. The molecule has 122 valence electrons. The largest absolute Gasteiger partial charge is 0.383 e. The smallest absolute Gasteiger partial charge is 0.265 e. The van der Waals surface area contributed by atoms with Crippen LogP contribution in [0.15, 0.2) is 52.8 Å². The van der Waals surface area contributed by atoms with E-state index < -0.39 is 0 Å². The van der Waals surface area contributed by atoms with Crippen LogP contribution in [0.25, 0.3) is 0 Å². The van der Waals surface area contributed by atoms with Gasteiger partial charge in [-0.3, -0.25) is 9.59 Å². The summed E-state index contributed by atoms with van der Waals surface area (Å²) in [5.41, 5.74) is 0.840. The average Bonchev–Trinajstić information content (AvgIpc) is 2.51. The Bertz CT molecular complexity index is 642. The van der Waals surface area contributed by atoms with Gasteiger partial charge in [0.15, 0.2) is 0 Å². The normalized spacial score (nSPS) is 16.9. The number of amides is 2. The number of thioether (sulfide) groups is 1. The van der Waals surface area contributed by atoms with Crippen LogP contribution in [-0.4, -0.2) is 38.1 Å². The van der Waals surface area contributed by atoms with E-state index in [0.717, 1.165) is 10.6 Å². The van der Waals surface area contributed by atoms with E-state index in [9.17, 15) is 9.59 Å². The molecule has 0 spiro atoms. The van der Waals surface area contributed by atoms with Crippen molar-refractivity contribution < 1.29 is 14.3 Å². The molecule has 5 nitrogen and oxygen atoms in total. The number of benzene rings is 1.